The van der Waals surface area contributed by atoms with Crippen molar-refractivity contribution in [3.63, 3.8) is 0 Å². The first-order valence-corrected chi connectivity index (χ1v) is 11.5. The number of hydrogen-bond donors (Lipinski definition) is 0. The van der Waals surface area contributed by atoms with Crippen molar-refractivity contribution in [3.05, 3.63) is 23.8 Å². The molecule has 31 heavy (non-hydrogen) atoms. The van der Waals surface area contributed by atoms with Crippen LogP contribution in [0.15, 0.2) is 23.8 Å². The van der Waals surface area contributed by atoms with Gasteiger partial charge in [0, 0.05) is 12.3 Å². The fraction of sp³-hybridized carbons (Fsp3) is 0.760. The molecule has 2 saturated heterocycles. The molecule has 2 heterocycles. The highest BCUT2D eigenvalue weighted by Gasteiger charge is 2.60. The summed E-state index contributed by atoms with van der Waals surface area (Å²) in [6.07, 6.45) is 6.31. The third-order valence-corrected chi connectivity index (χ3v) is 8.30. The Morgan fingerprint density at radius 2 is 1.97 bits per heavy atom. The zero-order chi connectivity index (χ0) is 22.6. The standard InChI is InChI=1S/C25H36O6/c1-15-7-10-20-24(5,12-11-21-25(20,6)14-29-23(3,4)31-21)18(15)9-8-17-19(30-16(2)26)13-28-22(17)27/h8,18-21H,1,7,9-14H2,2-6H3/t18-,19-,20?,21-,24-,25+/m1/s1. The Labute approximate surface area is 185 Å². The largest absolute Gasteiger partial charge is 0.458 e. The van der Waals surface area contributed by atoms with Gasteiger partial charge in [-0.1, -0.05) is 32.1 Å². The Morgan fingerprint density at radius 1 is 1.23 bits per heavy atom. The van der Waals surface area contributed by atoms with E-state index in [0.29, 0.717) is 24.5 Å². The van der Waals surface area contributed by atoms with Gasteiger partial charge >= 0.3 is 11.9 Å². The van der Waals surface area contributed by atoms with Crippen LogP contribution in [0.2, 0.25) is 0 Å². The van der Waals surface area contributed by atoms with Crippen molar-refractivity contribution in [1.29, 1.82) is 0 Å². The molecule has 172 valence electrons. The van der Waals surface area contributed by atoms with Gasteiger partial charge < -0.3 is 18.9 Å². The summed E-state index contributed by atoms with van der Waals surface area (Å²) < 4.78 is 22.9. The van der Waals surface area contributed by atoms with Crippen molar-refractivity contribution in [2.45, 2.75) is 84.7 Å². The first kappa shape index (κ1) is 22.5. The molecule has 0 radical (unpaired) electrons. The molecule has 6 atom stereocenters. The zero-order valence-corrected chi connectivity index (χ0v) is 19.5. The topological polar surface area (TPSA) is 71.1 Å². The summed E-state index contributed by atoms with van der Waals surface area (Å²) in [6, 6.07) is 0. The number of carbonyl (C=O) groups is 2. The van der Waals surface area contributed by atoms with Crippen molar-refractivity contribution in [1.82, 2.24) is 0 Å². The molecule has 0 aromatic carbocycles. The van der Waals surface area contributed by atoms with Gasteiger partial charge in [0.15, 0.2) is 11.9 Å². The number of fused-ring (bicyclic) bond motifs is 3. The van der Waals surface area contributed by atoms with Crippen LogP contribution in [0, 0.1) is 22.7 Å². The molecule has 0 aromatic rings. The molecule has 4 aliphatic rings. The molecule has 0 spiro atoms. The van der Waals surface area contributed by atoms with Gasteiger partial charge in [-0.2, -0.15) is 0 Å². The van der Waals surface area contributed by atoms with E-state index < -0.39 is 17.9 Å². The Kier molecular flexibility index (Phi) is 5.62. The van der Waals surface area contributed by atoms with Crippen LogP contribution in [-0.2, 0) is 28.5 Å². The van der Waals surface area contributed by atoms with Crippen LogP contribution in [0.3, 0.4) is 0 Å². The fourth-order valence-corrected chi connectivity index (χ4v) is 6.71. The van der Waals surface area contributed by atoms with E-state index in [9.17, 15) is 9.59 Å². The normalized spacial score (nSPS) is 43.2. The van der Waals surface area contributed by atoms with Gasteiger partial charge in [0.25, 0.3) is 0 Å². The molecule has 0 N–H and O–H groups in total. The monoisotopic (exact) mass is 432 g/mol. The number of allylic oxidation sites excluding steroid dienone is 2. The van der Waals surface area contributed by atoms with Crippen molar-refractivity contribution in [2.24, 2.45) is 22.7 Å². The highest BCUT2D eigenvalue weighted by Crippen LogP contribution is 2.63. The molecule has 4 fully saturated rings. The van der Waals surface area contributed by atoms with E-state index in [1.54, 1.807) is 0 Å². The Bertz CT molecular complexity index is 813. The summed E-state index contributed by atoms with van der Waals surface area (Å²) in [6.45, 7) is 15.3. The summed E-state index contributed by atoms with van der Waals surface area (Å²) in [4.78, 5) is 23.7. The minimum Gasteiger partial charge on any atom is -0.458 e. The maximum Gasteiger partial charge on any atom is 0.337 e. The van der Waals surface area contributed by atoms with E-state index in [1.165, 1.54) is 12.5 Å². The predicted octanol–water partition coefficient (Wildman–Crippen LogP) is 4.33. The van der Waals surface area contributed by atoms with Crippen LogP contribution in [-0.4, -0.2) is 43.1 Å². The number of esters is 2. The molecule has 6 heteroatoms. The number of hydrogen-bond acceptors (Lipinski definition) is 6. The van der Waals surface area contributed by atoms with E-state index in [4.69, 9.17) is 18.9 Å². The number of carbonyl (C=O) groups excluding carboxylic acids is 2. The van der Waals surface area contributed by atoms with Crippen LogP contribution in [0.4, 0.5) is 0 Å². The lowest BCUT2D eigenvalue weighted by Crippen LogP contribution is -2.62. The quantitative estimate of drug-likeness (QED) is 0.376. The van der Waals surface area contributed by atoms with Crippen LogP contribution in [0.1, 0.15) is 66.7 Å². The van der Waals surface area contributed by atoms with E-state index in [0.717, 1.165) is 25.7 Å². The molecule has 0 bridgehead atoms. The second-order valence-corrected chi connectivity index (χ2v) is 10.7. The summed E-state index contributed by atoms with van der Waals surface area (Å²) in [5.74, 6) is -0.633. The average molecular weight is 433 g/mol. The van der Waals surface area contributed by atoms with Crippen LogP contribution in [0.25, 0.3) is 0 Å². The number of ether oxygens (including phenoxy) is 4. The molecule has 2 aliphatic carbocycles. The van der Waals surface area contributed by atoms with Gasteiger partial charge in [0.05, 0.1) is 18.3 Å². The van der Waals surface area contributed by atoms with Gasteiger partial charge in [-0.15, -0.1) is 0 Å². The van der Waals surface area contributed by atoms with Crippen molar-refractivity contribution >= 4 is 11.9 Å². The molecular weight excluding hydrogens is 396 g/mol. The molecule has 2 saturated carbocycles. The predicted molar refractivity (Wildman–Crippen MR) is 115 cm³/mol. The minimum absolute atomic E-state index is 0.0405. The minimum atomic E-state index is -0.610. The molecular formula is C25H36O6. The maximum atomic E-state index is 12.2. The number of cyclic esters (lactones) is 1. The third-order valence-electron chi connectivity index (χ3n) is 8.30. The van der Waals surface area contributed by atoms with Gasteiger partial charge in [-0.25, -0.2) is 4.79 Å². The lowest BCUT2D eigenvalue weighted by atomic mass is 9.46. The average Bonchev–Trinajstić information content (AvgIpc) is 3.01. The summed E-state index contributed by atoms with van der Waals surface area (Å²) in [7, 11) is 0. The molecule has 1 unspecified atom stereocenters. The third kappa shape index (κ3) is 3.86. The van der Waals surface area contributed by atoms with E-state index in [-0.39, 0.29) is 35.4 Å². The Morgan fingerprint density at radius 3 is 2.68 bits per heavy atom. The van der Waals surface area contributed by atoms with Gasteiger partial charge in [-0.05, 0) is 63.2 Å². The fourth-order valence-electron chi connectivity index (χ4n) is 6.71. The second kappa shape index (κ2) is 7.73. The smallest absolute Gasteiger partial charge is 0.337 e. The lowest BCUT2D eigenvalue weighted by molar-refractivity contribution is -0.344. The molecule has 2 aliphatic heterocycles. The number of rotatable bonds is 3. The van der Waals surface area contributed by atoms with Crippen LogP contribution in [0.5, 0.6) is 0 Å². The highest BCUT2D eigenvalue weighted by molar-refractivity contribution is 5.92. The Hall–Kier alpha value is -1.66. The van der Waals surface area contributed by atoms with E-state index in [1.807, 2.05) is 19.9 Å². The maximum absolute atomic E-state index is 12.2. The summed E-state index contributed by atoms with van der Waals surface area (Å²) >= 11 is 0. The van der Waals surface area contributed by atoms with Crippen LogP contribution < -0.4 is 0 Å². The van der Waals surface area contributed by atoms with Gasteiger partial charge in [0.2, 0.25) is 0 Å². The van der Waals surface area contributed by atoms with Crippen molar-refractivity contribution in [3.8, 4) is 0 Å². The van der Waals surface area contributed by atoms with Gasteiger partial charge in [-0.3, -0.25) is 4.79 Å². The first-order chi connectivity index (χ1) is 14.5. The van der Waals surface area contributed by atoms with Crippen LogP contribution >= 0.6 is 0 Å². The zero-order valence-electron chi connectivity index (χ0n) is 19.5. The molecule has 6 nitrogen and oxygen atoms in total. The van der Waals surface area contributed by atoms with E-state index in [2.05, 4.69) is 20.4 Å². The summed E-state index contributed by atoms with van der Waals surface area (Å²) in [5, 5.41) is 0. The molecule has 0 aromatic heterocycles. The van der Waals surface area contributed by atoms with E-state index >= 15 is 0 Å². The molecule has 4 rings (SSSR count). The molecule has 0 amide bonds. The van der Waals surface area contributed by atoms with Crippen molar-refractivity contribution < 1.29 is 28.5 Å². The Balaban J connectivity index is 1.59. The van der Waals surface area contributed by atoms with Crippen molar-refractivity contribution in [2.75, 3.05) is 13.2 Å². The lowest BCUT2D eigenvalue weighted by Gasteiger charge is -2.63. The second-order valence-electron chi connectivity index (χ2n) is 10.7. The van der Waals surface area contributed by atoms with Gasteiger partial charge in [0.1, 0.15) is 6.61 Å². The SMILES string of the molecule is C=C1CCC2[C@](C)(CC[C@H]3OC(C)(C)OC[C@@]23C)[C@@H]1CC=C1C(=O)OC[C@H]1OC(C)=O. The summed E-state index contributed by atoms with van der Waals surface area (Å²) in [5.41, 5.74) is 1.71. The highest BCUT2D eigenvalue weighted by atomic mass is 16.7. The first-order valence-electron chi connectivity index (χ1n) is 11.5.